The maximum atomic E-state index is 15.1. The first-order valence-electron chi connectivity index (χ1n) is 25.9. The summed E-state index contributed by atoms with van der Waals surface area (Å²) < 4.78 is 17.1. The number of aromatic nitrogens is 4. The van der Waals surface area contributed by atoms with E-state index in [1.807, 2.05) is 38.6 Å². The average molecular weight is 978 g/mol. The van der Waals surface area contributed by atoms with Crippen LogP contribution in [0.5, 0.6) is 0 Å². The zero-order valence-corrected chi connectivity index (χ0v) is 41.7. The normalized spacial score (nSPS) is 22.8. The molecule has 11 rings (SSSR count). The van der Waals surface area contributed by atoms with Crippen molar-refractivity contribution in [1.29, 1.82) is 0 Å². The molecule has 376 valence electrons. The van der Waals surface area contributed by atoms with Gasteiger partial charge in [0.1, 0.15) is 17.2 Å². The molecule has 0 radical (unpaired) electrons. The topological polar surface area (TPSA) is 169 Å². The maximum absolute atomic E-state index is 15.1. The summed E-state index contributed by atoms with van der Waals surface area (Å²) in [5.41, 5.74) is 5.27. The highest BCUT2D eigenvalue weighted by Gasteiger charge is 2.56. The monoisotopic (exact) mass is 978 g/mol. The Labute approximate surface area is 419 Å². The summed E-state index contributed by atoms with van der Waals surface area (Å²) in [6.07, 6.45) is 9.81. The van der Waals surface area contributed by atoms with Crippen LogP contribution in [0.4, 0.5) is 27.4 Å². The van der Waals surface area contributed by atoms with Crippen LogP contribution in [-0.2, 0) is 29.4 Å². The van der Waals surface area contributed by atoms with Gasteiger partial charge in [0.25, 0.3) is 0 Å². The van der Waals surface area contributed by atoms with E-state index in [0.29, 0.717) is 114 Å². The van der Waals surface area contributed by atoms with E-state index in [0.717, 1.165) is 52.1 Å². The number of para-hydroxylation sites is 1. The summed E-state index contributed by atoms with van der Waals surface area (Å²) in [5.74, 6) is 0.175. The van der Waals surface area contributed by atoms with E-state index in [2.05, 4.69) is 70.4 Å². The van der Waals surface area contributed by atoms with Crippen molar-refractivity contribution in [2.24, 2.45) is 11.8 Å². The molecule has 2 N–H and O–H groups in total. The van der Waals surface area contributed by atoms with Gasteiger partial charge in [-0.15, -0.1) is 0 Å². The minimum atomic E-state index is -0.751. The predicted molar refractivity (Wildman–Crippen MR) is 272 cm³/mol. The van der Waals surface area contributed by atoms with Crippen molar-refractivity contribution >= 4 is 63.6 Å². The largest absolute Gasteiger partial charge is 0.357 e. The Morgan fingerprint density at radius 2 is 1.53 bits per heavy atom. The first-order chi connectivity index (χ1) is 34.8. The molecule has 5 amide bonds. The number of amides is 5. The van der Waals surface area contributed by atoms with E-state index in [1.54, 1.807) is 30.7 Å². The first kappa shape index (κ1) is 47.6. The Morgan fingerprint density at radius 3 is 2.18 bits per heavy atom. The van der Waals surface area contributed by atoms with Crippen LogP contribution in [0.3, 0.4) is 0 Å². The zero-order chi connectivity index (χ0) is 50.0. The molecule has 5 fully saturated rings. The van der Waals surface area contributed by atoms with Crippen molar-refractivity contribution in [2.75, 3.05) is 68.5 Å². The summed E-state index contributed by atoms with van der Waals surface area (Å²) in [7, 11) is 4.17. The smallest absolute Gasteiger partial charge is 0.238 e. The fourth-order valence-electron chi connectivity index (χ4n) is 12.3. The molecule has 1 saturated carbocycles. The molecule has 1 spiro atoms. The van der Waals surface area contributed by atoms with Crippen molar-refractivity contribution < 1.29 is 28.4 Å². The molecule has 6 aliphatic rings. The zero-order valence-electron chi connectivity index (χ0n) is 41.7. The van der Waals surface area contributed by atoms with E-state index >= 15 is 9.18 Å². The van der Waals surface area contributed by atoms with E-state index in [4.69, 9.17) is 9.97 Å². The summed E-state index contributed by atoms with van der Waals surface area (Å²) >= 11 is 0. The molecule has 1 atom stereocenters. The number of fused-ring (bicyclic) bond motifs is 3. The minimum Gasteiger partial charge on any atom is -0.357 e. The number of likely N-dealkylation sites (tertiary alicyclic amines) is 2. The molecule has 5 aromatic rings. The number of rotatable bonds is 10. The third-order valence-corrected chi connectivity index (χ3v) is 16.8. The van der Waals surface area contributed by atoms with Gasteiger partial charge in [0, 0.05) is 93.1 Å². The number of hydrogen-bond acceptors (Lipinski definition) is 11. The van der Waals surface area contributed by atoms with Crippen LogP contribution in [0, 0.1) is 17.7 Å². The van der Waals surface area contributed by atoms with Gasteiger partial charge in [-0.2, -0.15) is 0 Å². The maximum Gasteiger partial charge on any atom is 0.238 e. The van der Waals surface area contributed by atoms with Crippen LogP contribution >= 0.6 is 0 Å². The molecular weight excluding hydrogens is 914 g/mol. The molecule has 17 heteroatoms. The van der Waals surface area contributed by atoms with Gasteiger partial charge < -0.3 is 34.4 Å². The van der Waals surface area contributed by atoms with Gasteiger partial charge in [0.15, 0.2) is 5.82 Å². The summed E-state index contributed by atoms with van der Waals surface area (Å²) in [5, 5.41) is 5.68. The van der Waals surface area contributed by atoms with Crippen molar-refractivity contribution in [1.82, 2.24) is 39.5 Å². The predicted octanol–water partition coefficient (Wildman–Crippen LogP) is 6.93. The number of nitrogens with zero attached hydrogens (tertiary/aromatic N) is 9. The van der Waals surface area contributed by atoms with Crippen LogP contribution < -0.4 is 20.4 Å². The van der Waals surface area contributed by atoms with Crippen molar-refractivity contribution in [3.05, 3.63) is 90.1 Å². The molecule has 72 heavy (non-hydrogen) atoms. The molecular formula is C55H64FN11O5. The number of pyridine rings is 2. The lowest BCUT2D eigenvalue weighted by Gasteiger charge is -2.45. The van der Waals surface area contributed by atoms with Gasteiger partial charge in [0.2, 0.25) is 29.5 Å². The molecule has 5 aliphatic heterocycles. The van der Waals surface area contributed by atoms with E-state index in [9.17, 15) is 19.2 Å². The SMILES string of the molecule is CC(C)n1cnc2cc(-c3ccc4c(c3)N(C3CC(N(C)C)C3)C(=O)C43CCN(C(=O)C4CCN(C(=O)C5CCN(c6ccc([C@H]7CCC(=O)NC7=O)cn6)CC5)CC4)CC3)nc(Nc3ccccc3F)c21. The lowest BCUT2D eigenvalue weighted by atomic mass is 9.73. The highest BCUT2D eigenvalue weighted by molar-refractivity contribution is 6.09. The number of benzene rings is 2. The Morgan fingerprint density at radius 1 is 0.833 bits per heavy atom. The highest BCUT2D eigenvalue weighted by Crippen LogP contribution is 2.52. The molecule has 4 saturated heterocycles. The summed E-state index contributed by atoms with van der Waals surface area (Å²) in [6.45, 7) is 7.62. The van der Waals surface area contributed by atoms with Crippen LogP contribution in [-0.4, -0.2) is 129 Å². The third-order valence-electron chi connectivity index (χ3n) is 16.8. The number of imide groups is 1. The quantitative estimate of drug-likeness (QED) is 0.139. The molecule has 3 aromatic heterocycles. The summed E-state index contributed by atoms with van der Waals surface area (Å²) in [4.78, 5) is 92.0. The number of anilines is 4. The van der Waals surface area contributed by atoms with Crippen LogP contribution in [0.2, 0.25) is 0 Å². The van der Waals surface area contributed by atoms with E-state index in [-0.39, 0.29) is 65.2 Å². The molecule has 2 aromatic carbocycles. The molecule has 8 heterocycles. The number of nitrogens with one attached hydrogen (secondary N) is 2. The number of halogens is 1. The van der Waals surface area contributed by atoms with Gasteiger partial charge >= 0.3 is 0 Å². The summed E-state index contributed by atoms with van der Waals surface area (Å²) in [6, 6.07) is 19.1. The standard InChI is InChI=1S/C55H64FN11O5/c1-33(2)66-32-58-45-30-44(60-50(49(45)66)59-43-8-6-5-7-42(43)56)36-9-12-41-46(27-36)67(39-28-38(29-39)62(3)4)54(72)55(41)19-25-65(26-20-55)53(71)35-17-23-64(24-18-35)52(70)34-15-21-63(22-16-34)47-13-10-37(31-57-47)40-11-14-48(68)61-51(40)69/h5-10,12-13,27,30-35,38-40H,11,14-26,28-29H2,1-4H3,(H,59,60)(H,61,68,69)/t38?,39?,40-/m1/s1. The number of piperidine rings is 4. The minimum absolute atomic E-state index is 0.0525. The number of carbonyl (C=O) groups excluding carboxylic acids is 5. The molecule has 16 nitrogen and oxygen atoms in total. The second-order valence-electron chi connectivity index (χ2n) is 21.4. The number of hydrogen-bond donors (Lipinski definition) is 2. The number of imidazole rings is 1. The Bertz CT molecular complexity index is 2930. The second-order valence-corrected chi connectivity index (χ2v) is 21.4. The van der Waals surface area contributed by atoms with E-state index < -0.39 is 5.41 Å². The van der Waals surface area contributed by atoms with Crippen LogP contribution in [0.15, 0.2) is 73.2 Å². The number of carbonyl (C=O) groups is 5. The molecule has 0 bridgehead atoms. The average Bonchev–Trinajstić information content (AvgIpc) is 3.91. The van der Waals surface area contributed by atoms with Gasteiger partial charge in [-0.25, -0.2) is 19.3 Å². The Kier molecular flexibility index (Phi) is 12.6. The molecule has 0 unspecified atom stereocenters. The van der Waals surface area contributed by atoms with Gasteiger partial charge in [-0.1, -0.05) is 30.3 Å². The van der Waals surface area contributed by atoms with Crippen LogP contribution in [0.25, 0.3) is 22.3 Å². The highest BCUT2D eigenvalue weighted by atomic mass is 19.1. The van der Waals surface area contributed by atoms with E-state index in [1.165, 1.54) is 6.07 Å². The van der Waals surface area contributed by atoms with Crippen molar-refractivity contribution in [3.63, 3.8) is 0 Å². The fourth-order valence-corrected chi connectivity index (χ4v) is 12.3. The first-order valence-corrected chi connectivity index (χ1v) is 25.9. The molecule has 1 aliphatic carbocycles. The lowest BCUT2D eigenvalue weighted by molar-refractivity contribution is -0.144. The van der Waals surface area contributed by atoms with Crippen molar-refractivity contribution in [3.8, 4) is 11.3 Å². The van der Waals surface area contributed by atoms with Crippen LogP contribution in [0.1, 0.15) is 101 Å². The third kappa shape index (κ3) is 8.56. The Balaban J connectivity index is 0.745. The fraction of sp³-hybridized carbons (Fsp3) is 0.491. The Hall–Kier alpha value is -6.75. The van der Waals surface area contributed by atoms with Crippen molar-refractivity contribution in [2.45, 2.75) is 108 Å². The van der Waals surface area contributed by atoms with Gasteiger partial charge in [0.05, 0.1) is 34.6 Å². The lowest BCUT2D eigenvalue weighted by Crippen LogP contribution is -2.57. The van der Waals surface area contributed by atoms with Gasteiger partial charge in [-0.3, -0.25) is 29.3 Å². The second kappa shape index (κ2) is 19.0. The van der Waals surface area contributed by atoms with Gasteiger partial charge in [-0.05, 0) is 127 Å².